The molecular weight excluding hydrogens is 236 g/mol. The van der Waals surface area contributed by atoms with Crippen molar-refractivity contribution in [3.63, 3.8) is 0 Å². The van der Waals surface area contributed by atoms with Crippen LogP contribution in [0.5, 0.6) is 5.75 Å². The number of benzene rings is 1. The lowest BCUT2D eigenvalue weighted by atomic mass is 10.2. The molecule has 1 aromatic carbocycles. The molecule has 0 fully saturated rings. The lowest BCUT2D eigenvalue weighted by Gasteiger charge is -2.08. The van der Waals surface area contributed by atoms with Crippen molar-refractivity contribution in [1.29, 1.82) is 0 Å². The van der Waals surface area contributed by atoms with Crippen LogP contribution < -0.4 is 10.1 Å². The highest BCUT2D eigenvalue weighted by molar-refractivity contribution is 5.32. The number of nitrogens with zero attached hydrogens (tertiary/aromatic N) is 1. The van der Waals surface area contributed by atoms with Crippen molar-refractivity contribution in [3.8, 4) is 5.75 Å². The molecule has 3 heteroatoms. The monoisotopic (exact) mass is 256 g/mol. The maximum Gasteiger partial charge on any atom is 0.125 e. The molecule has 2 rings (SSSR count). The first-order valence-electron chi connectivity index (χ1n) is 6.75. The van der Waals surface area contributed by atoms with E-state index in [-0.39, 0.29) is 0 Å². The summed E-state index contributed by atoms with van der Waals surface area (Å²) in [5.41, 5.74) is 1.31. The van der Waals surface area contributed by atoms with Crippen molar-refractivity contribution in [1.82, 2.24) is 4.98 Å². The van der Waals surface area contributed by atoms with Crippen molar-refractivity contribution >= 4 is 5.82 Å². The largest absolute Gasteiger partial charge is 0.494 e. The number of hydrogen-bond donors (Lipinski definition) is 1. The SMILES string of the molecule is CCc1cccc(OCCCNc2ccccn2)c1. The van der Waals surface area contributed by atoms with Gasteiger partial charge in [-0.1, -0.05) is 25.1 Å². The fourth-order valence-electron chi connectivity index (χ4n) is 1.80. The quantitative estimate of drug-likeness (QED) is 0.770. The zero-order valence-corrected chi connectivity index (χ0v) is 11.3. The van der Waals surface area contributed by atoms with E-state index in [4.69, 9.17) is 4.74 Å². The summed E-state index contributed by atoms with van der Waals surface area (Å²) in [5.74, 6) is 1.87. The van der Waals surface area contributed by atoms with Crippen molar-refractivity contribution < 1.29 is 4.74 Å². The van der Waals surface area contributed by atoms with Crippen molar-refractivity contribution in [2.24, 2.45) is 0 Å². The molecule has 0 amide bonds. The predicted octanol–water partition coefficient (Wildman–Crippen LogP) is 3.53. The van der Waals surface area contributed by atoms with Gasteiger partial charge in [0.15, 0.2) is 0 Å². The minimum absolute atomic E-state index is 0.715. The summed E-state index contributed by atoms with van der Waals surface area (Å²) >= 11 is 0. The standard InChI is InChI=1S/C16H20N2O/c1-2-14-7-5-8-15(13-14)19-12-6-11-18-16-9-3-4-10-17-16/h3-5,7-10,13H,2,6,11-12H2,1H3,(H,17,18). The number of rotatable bonds is 7. The van der Waals surface area contributed by atoms with Crippen molar-refractivity contribution in [3.05, 3.63) is 54.2 Å². The van der Waals surface area contributed by atoms with Crippen LogP contribution in [0.2, 0.25) is 0 Å². The van der Waals surface area contributed by atoms with Gasteiger partial charge in [0.1, 0.15) is 11.6 Å². The lowest BCUT2D eigenvalue weighted by molar-refractivity contribution is 0.314. The van der Waals surface area contributed by atoms with E-state index in [1.807, 2.05) is 30.3 Å². The molecule has 100 valence electrons. The highest BCUT2D eigenvalue weighted by Crippen LogP contribution is 2.13. The molecule has 19 heavy (non-hydrogen) atoms. The molecule has 3 nitrogen and oxygen atoms in total. The van der Waals surface area contributed by atoms with E-state index < -0.39 is 0 Å². The van der Waals surface area contributed by atoms with E-state index in [2.05, 4.69) is 29.4 Å². The summed E-state index contributed by atoms with van der Waals surface area (Å²) in [6, 6.07) is 14.1. The molecule has 0 unspecified atom stereocenters. The Morgan fingerprint density at radius 1 is 1.16 bits per heavy atom. The first-order valence-corrected chi connectivity index (χ1v) is 6.75. The van der Waals surface area contributed by atoms with Gasteiger partial charge in [0.05, 0.1) is 6.61 Å². The summed E-state index contributed by atoms with van der Waals surface area (Å²) in [5, 5.41) is 3.26. The third-order valence-corrected chi connectivity index (χ3v) is 2.87. The Hall–Kier alpha value is -2.03. The highest BCUT2D eigenvalue weighted by atomic mass is 16.5. The third kappa shape index (κ3) is 4.62. The number of ether oxygens (including phenoxy) is 1. The first-order chi connectivity index (χ1) is 9.38. The number of nitrogens with one attached hydrogen (secondary N) is 1. The Morgan fingerprint density at radius 2 is 2.11 bits per heavy atom. The van der Waals surface area contributed by atoms with E-state index in [9.17, 15) is 0 Å². The molecular formula is C16H20N2O. The Bertz CT molecular complexity index is 485. The van der Waals surface area contributed by atoms with Gasteiger partial charge in [-0.15, -0.1) is 0 Å². The molecule has 1 heterocycles. The van der Waals surface area contributed by atoms with E-state index >= 15 is 0 Å². The molecule has 0 saturated heterocycles. The van der Waals surface area contributed by atoms with Gasteiger partial charge < -0.3 is 10.1 Å². The predicted molar refractivity (Wildman–Crippen MR) is 78.7 cm³/mol. The van der Waals surface area contributed by atoms with Crippen LogP contribution in [0, 0.1) is 0 Å². The third-order valence-electron chi connectivity index (χ3n) is 2.87. The molecule has 0 radical (unpaired) electrons. The van der Waals surface area contributed by atoms with Crippen LogP contribution in [0.15, 0.2) is 48.7 Å². The van der Waals surface area contributed by atoms with Gasteiger partial charge in [0, 0.05) is 12.7 Å². The van der Waals surface area contributed by atoms with E-state index in [0.717, 1.165) is 31.0 Å². The van der Waals surface area contributed by atoms with Crippen molar-refractivity contribution in [2.45, 2.75) is 19.8 Å². The number of aryl methyl sites for hydroxylation is 1. The minimum Gasteiger partial charge on any atom is -0.494 e. The zero-order chi connectivity index (χ0) is 13.3. The summed E-state index contributed by atoms with van der Waals surface area (Å²) in [4.78, 5) is 4.21. The topological polar surface area (TPSA) is 34.1 Å². The summed E-state index contributed by atoms with van der Waals surface area (Å²) in [6.45, 7) is 3.73. The second-order valence-corrected chi connectivity index (χ2v) is 4.34. The summed E-state index contributed by atoms with van der Waals surface area (Å²) in [6.07, 6.45) is 3.78. The number of pyridine rings is 1. The molecule has 1 aromatic heterocycles. The molecule has 2 aromatic rings. The van der Waals surface area contributed by atoms with Gasteiger partial charge >= 0.3 is 0 Å². The molecule has 0 saturated carbocycles. The lowest BCUT2D eigenvalue weighted by Crippen LogP contribution is -2.08. The van der Waals surface area contributed by atoms with Crippen LogP contribution in [-0.4, -0.2) is 18.1 Å². The van der Waals surface area contributed by atoms with Crippen molar-refractivity contribution in [2.75, 3.05) is 18.5 Å². The van der Waals surface area contributed by atoms with E-state index in [1.54, 1.807) is 6.20 Å². The van der Waals surface area contributed by atoms with Gasteiger partial charge in [0.2, 0.25) is 0 Å². The fraction of sp³-hybridized carbons (Fsp3) is 0.312. The van der Waals surface area contributed by atoms with Crippen LogP contribution in [0.4, 0.5) is 5.82 Å². The summed E-state index contributed by atoms with van der Waals surface area (Å²) in [7, 11) is 0. The summed E-state index contributed by atoms with van der Waals surface area (Å²) < 4.78 is 5.73. The number of aromatic nitrogens is 1. The van der Waals surface area contributed by atoms with E-state index in [0.29, 0.717) is 6.61 Å². The van der Waals surface area contributed by atoms with Gasteiger partial charge in [-0.3, -0.25) is 0 Å². The smallest absolute Gasteiger partial charge is 0.125 e. The Morgan fingerprint density at radius 3 is 2.89 bits per heavy atom. The Balaban J connectivity index is 1.66. The van der Waals surface area contributed by atoms with Gasteiger partial charge in [-0.05, 0) is 42.7 Å². The van der Waals surface area contributed by atoms with Gasteiger partial charge in [0.25, 0.3) is 0 Å². The normalized spacial score (nSPS) is 10.2. The maximum absolute atomic E-state index is 5.73. The Kier molecular flexibility index (Phi) is 5.23. The zero-order valence-electron chi connectivity index (χ0n) is 11.3. The number of hydrogen-bond acceptors (Lipinski definition) is 3. The number of anilines is 1. The molecule has 1 N–H and O–H groups in total. The van der Waals surface area contributed by atoms with Gasteiger partial charge in [-0.2, -0.15) is 0 Å². The van der Waals surface area contributed by atoms with Crippen LogP contribution >= 0.6 is 0 Å². The van der Waals surface area contributed by atoms with E-state index in [1.165, 1.54) is 5.56 Å². The van der Waals surface area contributed by atoms with Gasteiger partial charge in [-0.25, -0.2) is 4.98 Å². The second kappa shape index (κ2) is 7.41. The van der Waals surface area contributed by atoms with Crippen LogP contribution in [0.25, 0.3) is 0 Å². The average molecular weight is 256 g/mol. The average Bonchev–Trinajstić information content (AvgIpc) is 2.48. The molecule has 0 bridgehead atoms. The Labute approximate surface area is 114 Å². The fourth-order valence-corrected chi connectivity index (χ4v) is 1.80. The van der Waals surface area contributed by atoms with Crippen LogP contribution in [0.3, 0.4) is 0 Å². The first kappa shape index (κ1) is 13.4. The molecule has 0 aliphatic rings. The maximum atomic E-state index is 5.73. The molecule has 0 aliphatic heterocycles. The van der Waals surface area contributed by atoms with Crippen LogP contribution in [-0.2, 0) is 6.42 Å². The molecule has 0 aliphatic carbocycles. The second-order valence-electron chi connectivity index (χ2n) is 4.34. The molecule has 0 spiro atoms. The van der Waals surface area contributed by atoms with Crippen LogP contribution in [0.1, 0.15) is 18.9 Å². The highest BCUT2D eigenvalue weighted by Gasteiger charge is 1.96. The minimum atomic E-state index is 0.715. The molecule has 0 atom stereocenters.